The van der Waals surface area contributed by atoms with Crippen molar-refractivity contribution in [1.82, 2.24) is 0 Å². The van der Waals surface area contributed by atoms with E-state index in [1.807, 2.05) is 26.0 Å². The third-order valence-corrected chi connectivity index (χ3v) is 4.87. The van der Waals surface area contributed by atoms with Gasteiger partial charge in [-0.2, -0.15) is 0 Å². The summed E-state index contributed by atoms with van der Waals surface area (Å²) in [5.41, 5.74) is 1.83. The average molecular weight is 301 g/mol. The summed E-state index contributed by atoms with van der Waals surface area (Å²) in [7, 11) is 3.41. The molecule has 1 aliphatic carbocycles. The van der Waals surface area contributed by atoms with Crippen LogP contribution in [0.1, 0.15) is 25.0 Å². The highest BCUT2D eigenvalue weighted by atomic mass is 35.5. The second-order valence-corrected chi connectivity index (χ2v) is 5.69. The third-order valence-electron chi connectivity index (χ3n) is 4.15. The van der Waals surface area contributed by atoms with Crippen molar-refractivity contribution in [2.24, 2.45) is 0 Å². The quantitative estimate of drug-likeness (QED) is 0.824. The van der Waals surface area contributed by atoms with E-state index in [9.17, 15) is 0 Å². The Morgan fingerprint density at radius 3 is 2.05 bits per heavy atom. The van der Waals surface area contributed by atoms with Crippen LogP contribution in [0.15, 0.2) is 18.2 Å². The van der Waals surface area contributed by atoms with E-state index in [4.69, 9.17) is 32.7 Å². The molecular weight excluding hydrogens is 283 g/mol. The molecule has 0 saturated carbocycles. The van der Waals surface area contributed by atoms with Gasteiger partial charge in [-0.1, -0.05) is 35.4 Å². The highest BCUT2D eigenvalue weighted by Gasteiger charge is 2.45. The van der Waals surface area contributed by atoms with E-state index >= 15 is 0 Å². The molecule has 4 heteroatoms. The minimum Gasteiger partial charge on any atom is -0.380 e. The smallest absolute Gasteiger partial charge is 0.0699 e. The number of fused-ring (bicyclic) bond motifs is 1. The summed E-state index contributed by atoms with van der Waals surface area (Å²) in [6.07, 6.45) is 4.13. The first-order chi connectivity index (χ1) is 8.97. The lowest BCUT2D eigenvalue weighted by Gasteiger charge is -2.39. The zero-order valence-corrected chi connectivity index (χ0v) is 13.0. The van der Waals surface area contributed by atoms with E-state index in [0.29, 0.717) is 10.0 Å². The van der Waals surface area contributed by atoms with E-state index in [1.54, 1.807) is 14.2 Å². The maximum Gasteiger partial charge on any atom is 0.0699 e. The second kappa shape index (κ2) is 5.45. The van der Waals surface area contributed by atoms with Crippen LogP contribution in [0.3, 0.4) is 0 Å². The summed E-state index contributed by atoms with van der Waals surface area (Å²) >= 11 is 12.3. The molecule has 0 radical (unpaired) electrons. The fourth-order valence-corrected chi connectivity index (χ4v) is 3.16. The van der Waals surface area contributed by atoms with E-state index < -0.39 is 0 Å². The predicted octanol–water partition coefficient (Wildman–Crippen LogP) is 4.33. The highest BCUT2D eigenvalue weighted by Crippen LogP contribution is 2.45. The molecule has 104 valence electrons. The molecule has 1 aromatic carbocycles. The topological polar surface area (TPSA) is 18.5 Å². The Hall–Kier alpha value is -0.540. The van der Waals surface area contributed by atoms with Crippen LogP contribution < -0.4 is 0 Å². The maximum absolute atomic E-state index is 6.17. The van der Waals surface area contributed by atoms with Gasteiger partial charge < -0.3 is 9.47 Å². The molecule has 0 aliphatic heterocycles. The first-order valence-electron chi connectivity index (χ1n) is 6.21. The molecule has 0 spiro atoms. The Kier molecular flexibility index (Phi) is 4.26. The van der Waals surface area contributed by atoms with Crippen LogP contribution in [0.25, 0.3) is 6.08 Å². The largest absolute Gasteiger partial charge is 0.380 e. The predicted molar refractivity (Wildman–Crippen MR) is 80.1 cm³/mol. The van der Waals surface area contributed by atoms with E-state index in [0.717, 1.165) is 11.1 Å². The number of halogens is 2. The number of methoxy groups -OCH3 is 2. The van der Waals surface area contributed by atoms with Crippen LogP contribution in [0, 0.1) is 0 Å². The molecule has 2 atom stereocenters. The van der Waals surface area contributed by atoms with Gasteiger partial charge in [0.1, 0.15) is 0 Å². The van der Waals surface area contributed by atoms with E-state index in [2.05, 4.69) is 12.2 Å². The van der Waals surface area contributed by atoms with Crippen LogP contribution in [-0.4, -0.2) is 26.4 Å². The molecule has 2 unspecified atom stereocenters. The van der Waals surface area contributed by atoms with Gasteiger partial charge in [0.05, 0.1) is 27.7 Å². The standard InChI is InChI=1S/C15H18Cl2O2/c1-9(18-3)15(10(2)19-4)6-5-11-7-13(16)14(17)8-12(11)15/h5-10H,1-4H3. The van der Waals surface area contributed by atoms with Gasteiger partial charge in [-0.05, 0) is 37.1 Å². The normalized spacial score (nSPS) is 24.3. The second-order valence-electron chi connectivity index (χ2n) is 4.88. The fraction of sp³-hybridized carbons (Fsp3) is 0.467. The first kappa shape index (κ1) is 14.9. The number of benzene rings is 1. The number of ether oxygens (including phenoxy) is 2. The summed E-state index contributed by atoms with van der Waals surface area (Å²) < 4.78 is 11.2. The summed E-state index contributed by atoms with van der Waals surface area (Å²) in [6.45, 7) is 4.08. The molecule has 0 fully saturated rings. The molecule has 2 nitrogen and oxygen atoms in total. The summed E-state index contributed by atoms with van der Waals surface area (Å²) in [5.74, 6) is 0. The molecule has 19 heavy (non-hydrogen) atoms. The van der Waals surface area contributed by atoms with Crippen molar-refractivity contribution >= 4 is 29.3 Å². The lowest BCUT2D eigenvalue weighted by atomic mass is 9.73. The van der Waals surface area contributed by atoms with Crippen molar-refractivity contribution in [3.8, 4) is 0 Å². The van der Waals surface area contributed by atoms with Gasteiger partial charge in [-0.3, -0.25) is 0 Å². The Morgan fingerprint density at radius 2 is 1.53 bits per heavy atom. The summed E-state index contributed by atoms with van der Waals surface area (Å²) in [5, 5.41) is 1.12. The van der Waals surface area contributed by atoms with Crippen LogP contribution in [0.5, 0.6) is 0 Å². The van der Waals surface area contributed by atoms with Crippen molar-refractivity contribution in [1.29, 1.82) is 0 Å². The van der Waals surface area contributed by atoms with Gasteiger partial charge in [-0.15, -0.1) is 0 Å². The van der Waals surface area contributed by atoms with Crippen LogP contribution >= 0.6 is 23.2 Å². The van der Waals surface area contributed by atoms with Gasteiger partial charge in [0.15, 0.2) is 0 Å². The van der Waals surface area contributed by atoms with Crippen LogP contribution in [-0.2, 0) is 14.9 Å². The highest BCUT2D eigenvalue weighted by molar-refractivity contribution is 6.42. The Morgan fingerprint density at radius 1 is 1.00 bits per heavy atom. The number of rotatable bonds is 4. The van der Waals surface area contributed by atoms with Crippen molar-refractivity contribution in [2.75, 3.05) is 14.2 Å². The third kappa shape index (κ3) is 2.21. The zero-order chi connectivity index (χ0) is 14.2. The fourth-order valence-electron chi connectivity index (χ4n) is 2.82. The van der Waals surface area contributed by atoms with Gasteiger partial charge in [0.2, 0.25) is 0 Å². The molecule has 1 aliphatic rings. The van der Waals surface area contributed by atoms with E-state index in [-0.39, 0.29) is 17.6 Å². The molecule has 1 aromatic rings. The Bertz CT molecular complexity index is 501. The average Bonchev–Trinajstić information content (AvgIpc) is 2.77. The molecule has 0 saturated heterocycles. The minimum absolute atomic E-state index is 0.0304. The molecule has 0 bridgehead atoms. The van der Waals surface area contributed by atoms with Crippen molar-refractivity contribution in [2.45, 2.75) is 31.5 Å². The van der Waals surface area contributed by atoms with Crippen LogP contribution in [0.2, 0.25) is 10.0 Å². The van der Waals surface area contributed by atoms with Gasteiger partial charge in [-0.25, -0.2) is 0 Å². The maximum atomic E-state index is 6.17. The van der Waals surface area contributed by atoms with Crippen LogP contribution in [0.4, 0.5) is 0 Å². The lowest BCUT2D eigenvalue weighted by molar-refractivity contribution is -0.0175. The first-order valence-corrected chi connectivity index (χ1v) is 6.97. The Balaban J connectivity index is 2.63. The molecule has 0 aromatic heterocycles. The molecule has 0 amide bonds. The SMILES string of the molecule is COC(C)C1(C(C)OC)C=Cc2cc(Cl)c(Cl)cc21. The van der Waals surface area contributed by atoms with Gasteiger partial charge >= 0.3 is 0 Å². The molecule has 0 N–H and O–H groups in total. The number of hydrogen-bond donors (Lipinski definition) is 0. The molecule has 0 heterocycles. The molecular formula is C15H18Cl2O2. The van der Waals surface area contributed by atoms with Gasteiger partial charge in [0.25, 0.3) is 0 Å². The number of hydrogen-bond acceptors (Lipinski definition) is 2. The summed E-state index contributed by atoms with van der Waals surface area (Å²) in [6, 6.07) is 3.81. The minimum atomic E-state index is -0.340. The lowest BCUT2D eigenvalue weighted by Crippen LogP contribution is -2.46. The van der Waals surface area contributed by atoms with Crippen molar-refractivity contribution in [3.63, 3.8) is 0 Å². The van der Waals surface area contributed by atoms with Crippen molar-refractivity contribution < 1.29 is 9.47 Å². The zero-order valence-electron chi connectivity index (χ0n) is 11.5. The van der Waals surface area contributed by atoms with E-state index in [1.165, 1.54) is 0 Å². The monoisotopic (exact) mass is 300 g/mol. The Labute approximate surface area is 124 Å². The van der Waals surface area contributed by atoms with Crippen molar-refractivity contribution in [3.05, 3.63) is 39.4 Å². The summed E-state index contributed by atoms with van der Waals surface area (Å²) in [4.78, 5) is 0. The van der Waals surface area contributed by atoms with Gasteiger partial charge in [0, 0.05) is 14.2 Å². The molecule has 2 rings (SSSR count).